The number of halogens is 2. The third-order valence-corrected chi connectivity index (χ3v) is 3.04. The fourth-order valence-corrected chi connectivity index (χ4v) is 1.84. The number of anilines is 1. The molecule has 1 N–H and O–H groups in total. The van der Waals surface area contributed by atoms with Crippen LogP contribution in [0, 0.1) is 5.82 Å². The molecular formula is C15H11ClFNO2. The molecule has 2 rings (SSSR count). The van der Waals surface area contributed by atoms with Gasteiger partial charge in [0.05, 0.1) is 10.6 Å². The van der Waals surface area contributed by atoms with Gasteiger partial charge in [-0.25, -0.2) is 4.39 Å². The number of amides is 1. The Hall–Kier alpha value is -2.20. The van der Waals surface area contributed by atoms with Gasteiger partial charge in [0.25, 0.3) is 5.91 Å². The molecule has 20 heavy (non-hydrogen) atoms. The smallest absolute Gasteiger partial charge is 0.258 e. The molecular weight excluding hydrogens is 281 g/mol. The molecule has 0 radical (unpaired) electrons. The maximum Gasteiger partial charge on any atom is 0.258 e. The van der Waals surface area contributed by atoms with Crippen molar-refractivity contribution in [2.45, 2.75) is 6.92 Å². The van der Waals surface area contributed by atoms with Crippen LogP contribution in [0.2, 0.25) is 5.02 Å². The van der Waals surface area contributed by atoms with E-state index >= 15 is 0 Å². The topological polar surface area (TPSA) is 46.2 Å². The highest BCUT2D eigenvalue weighted by Crippen LogP contribution is 2.19. The Morgan fingerprint density at radius 3 is 2.35 bits per heavy atom. The predicted octanol–water partition coefficient (Wildman–Crippen LogP) is 3.93. The zero-order valence-corrected chi connectivity index (χ0v) is 11.4. The second-order valence-electron chi connectivity index (χ2n) is 4.19. The maximum absolute atomic E-state index is 13.7. The maximum atomic E-state index is 13.7. The first kappa shape index (κ1) is 14.2. The summed E-state index contributed by atoms with van der Waals surface area (Å²) in [5.41, 5.74) is 0.879. The lowest BCUT2D eigenvalue weighted by Crippen LogP contribution is -2.14. The van der Waals surface area contributed by atoms with Gasteiger partial charge in [-0.3, -0.25) is 9.59 Å². The van der Waals surface area contributed by atoms with Gasteiger partial charge in [0.15, 0.2) is 11.6 Å². The van der Waals surface area contributed by atoms with E-state index in [2.05, 4.69) is 5.32 Å². The number of ketones is 1. The summed E-state index contributed by atoms with van der Waals surface area (Å²) in [5.74, 6) is -1.42. The summed E-state index contributed by atoms with van der Waals surface area (Å²) < 4.78 is 13.7. The predicted molar refractivity (Wildman–Crippen MR) is 75.8 cm³/mol. The van der Waals surface area contributed by atoms with E-state index < -0.39 is 11.7 Å². The Balaban J connectivity index is 2.19. The first-order chi connectivity index (χ1) is 9.49. The molecule has 0 atom stereocenters. The van der Waals surface area contributed by atoms with Gasteiger partial charge in [0.2, 0.25) is 0 Å². The minimum absolute atomic E-state index is 0.0660. The Bertz CT molecular complexity index is 668. The number of hydrogen-bond donors (Lipinski definition) is 1. The molecule has 1 amide bonds. The van der Waals surface area contributed by atoms with Gasteiger partial charge in [-0.15, -0.1) is 0 Å². The number of rotatable bonds is 3. The van der Waals surface area contributed by atoms with Crippen LogP contribution in [-0.2, 0) is 0 Å². The quantitative estimate of drug-likeness (QED) is 0.871. The van der Waals surface area contributed by atoms with Crippen molar-refractivity contribution >= 4 is 29.0 Å². The summed E-state index contributed by atoms with van der Waals surface area (Å²) in [6.07, 6.45) is 0. The molecule has 0 aromatic heterocycles. The van der Waals surface area contributed by atoms with E-state index in [-0.39, 0.29) is 16.4 Å². The van der Waals surface area contributed by atoms with Gasteiger partial charge in [0, 0.05) is 11.3 Å². The van der Waals surface area contributed by atoms with E-state index in [1.165, 1.54) is 25.1 Å². The molecule has 0 unspecified atom stereocenters. The van der Waals surface area contributed by atoms with E-state index in [0.717, 1.165) is 0 Å². The molecule has 0 saturated heterocycles. The molecule has 2 aromatic rings. The van der Waals surface area contributed by atoms with Crippen LogP contribution in [0.15, 0.2) is 42.5 Å². The van der Waals surface area contributed by atoms with Crippen LogP contribution >= 0.6 is 11.6 Å². The lowest BCUT2D eigenvalue weighted by atomic mass is 10.1. The normalized spacial score (nSPS) is 10.2. The van der Waals surface area contributed by atoms with Crippen molar-refractivity contribution in [3.8, 4) is 0 Å². The van der Waals surface area contributed by atoms with Gasteiger partial charge < -0.3 is 5.32 Å². The first-order valence-electron chi connectivity index (χ1n) is 5.85. The van der Waals surface area contributed by atoms with Gasteiger partial charge >= 0.3 is 0 Å². The Kier molecular flexibility index (Phi) is 4.15. The minimum Gasteiger partial charge on any atom is -0.322 e. The van der Waals surface area contributed by atoms with Crippen molar-refractivity contribution < 1.29 is 14.0 Å². The van der Waals surface area contributed by atoms with E-state index in [0.29, 0.717) is 11.3 Å². The lowest BCUT2D eigenvalue weighted by Gasteiger charge is -2.07. The van der Waals surface area contributed by atoms with Crippen LogP contribution in [0.25, 0.3) is 0 Å². The third kappa shape index (κ3) is 3.03. The van der Waals surface area contributed by atoms with Crippen molar-refractivity contribution in [2.75, 3.05) is 5.32 Å². The number of nitrogens with one attached hydrogen (secondary N) is 1. The van der Waals surface area contributed by atoms with Crippen LogP contribution in [-0.4, -0.2) is 11.7 Å². The highest BCUT2D eigenvalue weighted by molar-refractivity contribution is 6.31. The van der Waals surface area contributed by atoms with Crippen molar-refractivity contribution in [1.29, 1.82) is 0 Å². The number of hydrogen-bond acceptors (Lipinski definition) is 2. The summed E-state index contributed by atoms with van der Waals surface area (Å²) in [7, 11) is 0. The molecule has 3 nitrogen and oxygen atoms in total. The Labute approximate surface area is 120 Å². The number of benzene rings is 2. The standard InChI is InChI=1S/C15H11ClFNO2/c1-9(19)10-5-7-11(8-6-10)18-15(20)12-3-2-4-13(16)14(12)17/h2-8H,1H3,(H,18,20). The van der Waals surface area contributed by atoms with Crippen LogP contribution in [0.1, 0.15) is 27.6 Å². The molecule has 102 valence electrons. The second-order valence-corrected chi connectivity index (χ2v) is 4.60. The number of Topliss-reactive ketones (excluding diaryl/α,β-unsaturated/α-hetero) is 1. The van der Waals surface area contributed by atoms with E-state index in [1.807, 2.05) is 0 Å². The summed E-state index contributed by atoms with van der Waals surface area (Å²) >= 11 is 5.62. The zero-order chi connectivity index (χ0) is 14.7. The third-order valence-electron chi connectivity index (χ3n) is 2.75. The molecule has 0 aliphatic carbocycles. The van der Waals surface area contributed by atoms with E-state index in [4.69, 9.17) is 11.6 Å². The van der Waals surface area contributed by atoms with Gasteiger partial charge in [-0.1, -0.05) is 17.7 Å². The Morgan fingerprint density at radius 1 is 1.10 bits per heavy atom. The number of carbonyl (C=O) groups excluding carboxylic acids is 2. The summed E-state index contributed by atoms with van der Waals surface area (Å²) in [6.45, 7) is 1.45. The SMILES string of the molecule is CC(=O)c1ccc(NC(=O)c2cccc(Cl)c2F)cc1. The van der Waals surface area contributed by atoms with Crippen LogP contribution in [0.3, 0.4) is 0 Å². The fraction of sp³-hybridized carbons (Fsp3) is 0.0667. The van der Waals surface area contributed by atoms with Crippen molar-refractivity contribution in [3.05, 3.63) is 64.4 Å². The van der Waals surface area contributed by atoms with Gasteiger partial charge in [-0.2, -0.15) is 0 Å². The first-order valence-corrected chi connectivity index (χ1v) is 6.23. The fourth-order valence-electron chi connectivity index (χ4n) is 1.67. The summed E-state index contributed by atoms with van der Waals surface area (Å²) in [6, 6.07) is 10.6. The average molecular weight is 292 g/mol. The molecule has 0 fully saturated rings. The van der Waals surface area contributed by atoms with Crippen molar-refractivity contribution in [1.82, 2.24) is 0 Å². The van der Waals surface area contributed by atoms with Crippen LogP contribution in [0.5, 0.6) is 0 Å². The molecule has 0 aliphatic rings. The van der Waals surface area contributed by atoms with Gasteiger partial charge in [0.1, 0.15) is 0 Å². The molecule has 2 aromatic carbocycles. The molecule has 0 aliphatic heterocycles. The molecule has 5 heteroatoms. The lowest BCUT2D eigenvalue weighted by molar-refractivity contribution is 0.101. The van der Waals surface area contributed by atoms with Crippen molar-refractivity contribution in [2.24, 2.45) is 0 Å². The Morgan fingerprint density at radius 2 is 1.75 bits per heavy atom. The molecule has 0 bridgehead atoms. The minimum atomic E-state index is -0.757. The van der Waals surface area contributed by atoms with Crippen LogP contribution in [0.4, 0.5) is 10.1 Å². The second kappa shape index (κ2) is 5.84. The monoisotopic (exact) mass is 291 g/mol. The average Bonchev–Trinajstić information content (AvgIpc) is 2.42. The summed E-state index contributed by atoms with van der Waals surface area (Å²) in [5, 5.41) is 2.44. The zero-order valence-electron chi connectivity index (χ0n) is 10.6. The van der Waals surface area contributed by atoms with Crippen LogP contribution < -0.4 is 5.32 Å². The largest absolute Gasteiger partial charge is 0.322 e. The molecule has 0 spiro atoms. The molecule has 0 saturated carbocycles. The van der Waals surface area contributed by atoms with E-state index in [9.17, 15) is 14.0 Å². The molecule has 0 heterocycles. The summed E-state index contributed by atoms with van der Waals surface area (Å²) in [4.78, 5) is 23.1. The van der Waals surface area contributed by atoms with Crippen molar-refractivity contribution in [3.63, 3.8) is 0 Å². The number of carbonyl (C=O) groups is 2. The highest BCUT2D eigenvalue weighted by atomic mass is 35.5. The van der Waals surface area contributed by atoms with E-state index in [1.54, 1.807) is 24.3 Å². The van der Waals surface area contributed by atoms with Gasteiger partial charge in [-0.05, 0) is 43.3 Å². The highest BCUT2D eigenvalue weighted by Gasteiger charge is 2.14.